The fraction of sp³-hybridized carbons (Fsp3) is 0.143. The molecule has 9 heavy (non-hydrogen) atoms. The van der Waals surface area contributed by atoms with Gasteiger partial charge in [-0.1, -0.05) is 36.4 Å². The van der Waals surface area contributed by atoms with E-state index in [1.807, 2.05) is 36.4 Å². The van der Waals surface area contributed by atoms with Crippen molar-refractivity contribution >= 4 is 0 Å². The van der Waals surface area contributed by atoms with Crippen molar-refractivity contribution in [2.24, 2.45) is 0 Å². The molecule has 0 bridgehead atoms. The summed E-state index contributed by atoms with van der Waals surface area (Å²) in [4.78, 5) is 0. The summed E-state index contributed by atoms with van der Waals surface area (Å²) in [7, 11) is 0.750. The normalized spacial score (nSPS) is 6.00. The fourth-order valence-corrected chi connectivity index (χ4v) is 0.385. The molecule has 0 N–H and O–H groups in total. The minimum atomic E-state index is 0. The molecular formula is C7H9LiO. The predicted molar refractivity (Wildman–Crippen MR) is 32.4 cm³/mol. The van der Waals surface area contributed by atoms with Crippen LogP contribution in [0.2, 0.25) is 0 Å². The molecule has 0 saturated carbocycles. The molecule has 1 aromatic carbocycles. The van der Waals surface area contributed by atoms with Crippen LogP contribution >= 0.6 is 0 Å². The van der Waals surface area contributed by atoms with Crippen molar-refractivity contribution in [3.8, 4) is 0 Å². The first-order chi connectivity index (χ1) is 4.00. The molecule has 0 saturated heterocycles. The third-order valence-electron chi connectivity index (χ3n) is 0.667. The van der Waals surface area contributed by atoms with Crippen LogP contribution in [-0.4, -0.2) is 7.11 Å². The molecule has 1 rings (SSSR count). The minimum absolute atomic E-state index is 0. The molecular weight excluding hydrogens is 107 g/mol. The van der Waals surface area contributed by atoms with Crippen molar-refractivity contribution in [2.45, 2.75) is 0 Å². The summed E-state index contributed by atoms with van der Waals surface area (Å²) in [6.07, 6.45) is 0. The molecule has 0 aliphatic heterocycles. The van der Waals surface area contributed by atoms with Gasteiger partial charge in [0, 0.05) is 0 Å². The van der Waals surface area contributed by atoms with E-state index in [4.69, 9.17) is 5.11 Å². The van der Waals surface area contributed by atoms with Crippen molar-refractivity contribution in [3.05, 3.63) is 36.4 Å². The van der Waals surface area contributed by atoms with E-state index < -0.39 is 0 Å². The Bertz CT molecular complexity index is 80.8. The van der Waals surface area contributed by atoms with Gasteiger partial charge in [-0.25, -0.2) is 0 Å². The van der Waals surface area contributed by atoms with Crippen LogP contribution in [0.5, 0.6) is 0 Å². The second-order valence-corrected chi connectivity index (χ2v) is 1.15. The Balaban J connectivity index is 0. The number of hydrogen-bond acceptors (Lipinski definition) is 1. The summed E-state index contributed by atoms with van der Waals surface area (Å²) < 4.78 is 0. The molecule has 2 heteroatoms. The van der Waals surface area contributed by atoms with E-state index in [2.05, 4.69) is 0 Å². The Morgan fingerprint density at radius 2 is 0.778 bits per heavy atom. The molecule has 1 nitrogen and oxygen atoms in total. The van der Waals surface area contributed by atoms with E-state index in [1.165, 1.54) is 0 Å². The van der Waals surface area contributed by atoms with Crippen LogP contribution in [0, 0.1) is 0 Å². The Kier molecular flexibility index (Phi) is 13.7. The number of hydrogen-bond donors (Lipinski definition) is 0. The van der Waals surface area contributed by atoms with Gasteiger partial charge in [-0.3, -0.25) is 0 Å². The molecule has 0 aliphatic carbocycles. The average molecular weight is 116 g/mol. The Morgan fingerprint density at radius 1 is 0.667 bits per heavy atom. The zero-order valence-electron chi connectivity index (χ0n) is 5.87. The second kappa shape index (κ2) is 10.7. The van der Waals surface area contributed by atoms with E-state index in [-0.39, 0.29) is 18.9 Å². The van der Waals surface area contributed by atoms with E-state index in [0.717, 1.165) is 7.11 Å². The summed E-state index contributed by atoms with van der Waals surface area (Å²) in [6, 6.07) is 12.0. The van der Waals surface area contributed by atoms with Gasteiger partial charge in [-0.05, 0) is 0 Å². The molecule has 0 unspecified atom stereocenters. The van der Waals surface area contributed by atoms with Gasteiger partial charge in [0.25, 0.3) is 0 Å². The van der Waals surface area contributed by atoms with Gasteiger partial charge in [-0.2, -0.15) is 7.11 Å². The largest absolute Gasteiger partial charge is 1.00 e. The maximum Gasteiger partial charge on any atom is 1.00 e. The molecule has 0 amide bonds. The van der Waals surface area contributed by atoms with Crippen molar-refractivity contribution in [3.63, 3.8) is 0 Å². The molecule has 0 spiro atoms. The number of benzene rings is 1. The van der Waals surface area contributed by atoms with Gasteiger partial charge in [0.1, 0.15) is 0 Å². The first-order valence-corrected chi connectivity index (χ1v) is 2.41. The second-order valence-electron chi connectivity index (χ2n) is 1.15. The van der Waals surface area contributed by atoms with Crippen LogP contribution in [0.25, 0.3) is 0 Å². The molecule has 0 radical (unpaired) electrons. The predicted octanol–water partition coefficient (Wildman–Crippen LogP) is -2.33. The topological polar surface area (TPSA) is 23.1 Å². The number of rotatable bonds is 0. The molecule has 0 atom stereocenters. The SMILES string of the molecule is C[O-].[Li+].c1ccccc1. The summed E-state index contributed by atoms with van der Waals surface area (Å²) in [5.74, 6) is 0. The Morgan fingerprint density at radius 3 is 0.889 bits per heavy atom. The quantitative estimate of drug-likeness (QED) is 0.348. The molecule has 0 aliphatic rings. The first-order valence-electron chi connectivity index (χ1n) is 2.41. The van der Waals surface area contributed by atoms with E-state index in [1.54, 1.807) is 0 Å². The van der Waals surface area contributed by atoms with Gasteiger partial charge < -0.3 is 5.11 Å². The third kappa shape index (κ3) is 7.78. The van der Waals surface area contributed by atoms with Crippen LogP contribution in [0.1, 0.15) is 0 Å². The third-order valence-corrected chi connectivity index (χ3v) is 0.667. The summed E-state index contributed by atoms with van der Waals surface area (Å²) >= 11 is 0. The van der Waals surface area contributed by atoms with E-state index >= 15 is 0 Å². The van der Waals surface area contributed by atoms with Crippen LogP contribution in [0.15, 0.2) is 36.4 Å². The first kappa shape index (κ1) is 11.6. The van der Waals surface area contributed by atoms with E-state index in [9.17, 15) is 0 Å². The average Bonchev–Trinajstić information content (AvgIpc) is 1.96. The maximum absolute atomic E-state index is 8.25. The Hall–Kier alpha value is -0.223. The van der Waals surface area contributed by atoms with Gasteiger partial charge in [-0.15, -0.1) is 0 Å². The minimum Gasteiger partial charge on any atom is -0.857 e. The fourth-order valence-electron chi connectivity index (χ4n) is 0.385. The van der Waals surface area contributed by atoms with Gasteiger partial charge in [0.2, 0.25) is 0 Å². The van der Waals surface area contributed by atoms with Crippen LogP contribution < -0.4 is 24.0 Å². The van der Waals surface area contributed by atoms with Gasteiger partial charge >= 0.3 is 18.9 Å². The van der Waals surface area contributed by atoms with Crippen LogP contribution in [0.3, 0.4) is 0 Å². The van der Waals surface area contributed by atoms with Crippen molar-refractivity contribution in [1.29, 1.82) is 0 Å². The van der Waals surface area contributed by atoms with Crippen molar-refractivity contribution in [2.75, 3.05) is 7.11 Å². The molecule has 44 valence electrons. The monoisotopic (exact) mass is 116 g/mol. The zero-order valence-corrected chi connectivity index (χ0v) is 5.87. The zero-order chi connectivity index (χ0) is 6.24. The summed E-state index contributed by atoms with van der Waals surface area (Å²) in [5, 5.41) is 8.25. The van der Waals surface area contributed by atoms with Gasteiger partial charge in [0.15, 0.2) is 0 Å². The Labute approximate surface area is 67.9 Å². The molecule has 0 heterocycles. The van der Waals surface area contributed by atoms with Crippen LogP contribution in [0.4, 0.5) is 0 Å². The molecule has 1 aromatic rings. The van der Waals surface area contributed by atoms with Crippen molar-refractivity contribution < 1.29 is 24.0 Å². The summed E-state index contributed by atoms with van der Waals surface area (Å²) in [6.45, 7) is 0. The maximum atomic E-state index is 8.25. The van der Waals surface area contributed by atoms with Gasteiger partial charge in [0.05, 0.1) is 0 Å². The van der Waals surface area contributed by atoms with Crippen LogP contribution in [-0.2, 0) is 0 Å². The van der Waals surface area contributed by atoms with E-state index in [0.29, 0.717) is 0 Å². The van der Waals surface area contributed by atoms with Crippen molar-refractivity contribution in [1.82, 2.24) is 0 Å². The smallest absolute Gasteiger partial charge is 0.857 e. The summed E-state index contributed by atoms with van der Waals surface area (Å²) in [5.41, 5.74) is 0. The molecule has 0 fully saturated rings. The standard InChI is InChI=1S/C6H6.CH3O.Li/c1-2-4-6-5-3-1;1-2;/h1-6H;1H3;/q;-1;+1. The molecule has 0 aromatic heterocycles.